The molecule has 0 saturated carbocycles. The lowest BCUT2D eigenvalue weighted by atomic mass is 9.99. The molecular weight excluding hydrogens is 512 g/mol. The highest BCUT2D eigenvalue weighted by atomic mass is 35.5. The number of hydrogen-bond donors (Lipinski definition) is 2. The molecule has 0 aliphatic heterocycles. The largest absolute Gasteiger partial charge is 0.448 e. The van der Waals surface area contributed by atoms with Gasteiger partial charge in [-0.3, -0.25) is 9.52 Å². The molecule has 1 amide bonds. The first-order valence-electron chi connectivity index (χ1n) is 11.0. The zero-order valence-corrected chi connectivity index (χ0v) is 21.2. The van der Waals surface area contributed by atoms with Crippen LogP contribution >= 0.6 is 22.9 Å². The molecule has 1 aliphatic rings. The van der Waals surface area contributed by atoms with Crippen LogP contribution in [0.5, 0.6) is 0 Å². The summed E-state index contributed by atoms with van der Waals surface area (Å²) in [5.41, 5.74) is 1.56. The monoisotopic (exact) mass is 534 g/mol. The summed E-state index contributed by atoms with van der Waals surface area (Å²) in [5, 5.41) is 10.1. The van der Waals surface area contributed by atoms with Gasteiger partial charge in [-0.25, -0.2) is 13.2 Å². The van der Waals surface area contributed by atoms with E-state index in [1.165, 1.54) is 58.2 Å². The van der Waals surface area contributed by atoms with Gasteiger partial charge >= 0.3 is 5.97 Å². The topological polar surface area (TPSA) is 127 Å². The number of carbonyl (C=O) groups excluding carboxylic acids is 2. The zero-order chi connectivity index (χ0) is 25.0. The maximum absolute atomic E-state index is 12.7. The maximum Gasteiger partial charge on any atom is 0.349 e. The second-order valence-corrected chi connectivity index (χ2v) is 11.1. The van der Waals surface area contributed by atoms with Crippen molar-refractivity contribution in [1.82, 2.24) is 10.2 Å². The van der Waals surface area contributed by atoms with Crippen LogP contribution in [0.1, 0.15) is 46.3 Å². The minimum Gasteiger partial charge on any atom is -0.448 e. The van der Waals surface area contributed by atoms with Gasteiger partial charge in [-0.1, -0.05) is 18.5 Å². The van der Waals surface area contributed by atoms with Gasteiger partial charge in [0.15, 0.2) is 17.1 Å². The van der Waals surface area contributed by atoms with E-state index in [1.54, 1.807) is 6.92 Å². The number of esters is 1. The molecule has 1 aromatic carbocycles. The third-order valence-corrected chi connectivity index (χ3v) is 8.20. The third kappa shape index (κ3) is 6.16. The number of carbonyl (C=O) groups is 2. The SMILES string of the molecule is CCC(OC(=O)c1cc2c(s1)CCCC2)C(=O)Nc1ccc(S(=O)(=O)Nc2ccc(Cl)nn2)cc1. The van der Waals surface area contributed by atoms with Gasteiger partial charge in [0.05, 0.1) is 4.90 Å². The van der Waals surface area contributed by atoms with Crippen molar-refractivity contribution in [3.8, 4) is 0 Å². The summed E-state index contributed by atoms with van der Waals surface area (Å²) < 4.78 is 32.9. The molecule has 184 valence electrons. The van der Waals surface area contributed by atoms with E-state index >= 15 is 0 Å². The highest BCUT2D eigenvalue weighted by Crippen LogP contribution is 2.30. The summed E-state index contributed by atoms with van der Waals surface area (Å²) >= 11 is 7.09. The van der Waals surface area contributed by atoms with Crippen LogP contribution < -0.4 is 10.0 Å². The summed E-state index contributed by atoms with van der Waals surface area (Å²) in [6.45, 7) is 1.75. The Morgan fingerprint density at radius 3 is 2.51 bits per heavy atom. The van der Waals surface area contributed by atoms with Crippen molar-refractivity contribution < 1.29 is 22.7 Å². The Kier molecular flexibility index (Phi) is 7.68. The molecule has 3 aromatic rings. The number of ether oxygens (including phenoxy) is 1. The fraction of sp³-hybridized carbons (Fsp3) is 0.304. The van der Waals surface area contributed by atoms with E-state index in [4.69, 9.17) is 16.3 Å². The second kappa shape index (κ2) is 10.7. The van der Waals surface area contributed by atoms with Crippen LogP contribution in [-0.4, -0.2) is 36.6 Å². The van der Waals surface area contributed by atoms with Crippen LogP contribution in [0, 0.1) is 0 Å². The number of nitrogens with one attached hydrogen (secondary N) is 2. The molecule has 0 saturated heterocycles. The van der Waals surface area contributed by atoms with Crippen molar-refractivity contribution in [3.05, 3.63) is 62.9 Å². The van der Waals surface area contributed by atoms with Crippen molar-refractivity contribution >= 4 is 56.3 Å². The lowest BCUT2D eigenvalue weighted by Crippen LogP contribution is -2.31. The number of fused-ring (bicyclic) bond motifs is 1. The Balaban J connectivity index is 1.37. The summed E-state index contributed by atoms with van der Waals surface area (Å²) in [6.07, 6.45) is 3.48. The molecule has 2 N–H and O–H groups in total. The normalized spacial score (nSPS) is 14.0. The summed E-state index contributed by atoms with van der Waals surface area (Å²) in [6, 6.07) is 10.2. The summed E-state index contributed by atoms with van der Waals surface area (Å²) in [5.74, 6) is -0.984. The highest BCUT2D eigenvalue weighted by Gasteiger charge is 2.25. The first-order chi connectivity index (χ1) is 16.7. The molecule has 0 fully saturated rings. The molecule has 0 radical (unpaired) electrons. The Bertz CT molecular complexity index is 1300. The van der Waals surface area contributed by atoms with Crippen molar-refractivity contribution in [1.29, 1.82) is 0 Å². The first-order valence-corrected chi connectivity index (χ1v) is 13.7. The van der Waals surface area contributed by atoms with E-state index in [-0.39, 0.29) is 15.9 Å². The van der Waals surface area contributed by atoms with Crippen LogP contribution in [0.4, 0.5) is 11.5 Å². The van der Waals surface area contributed by atoms with Crippen molar-refractivity contribution in [2.75, 3.05) is 10.0 Å². The van der Waals surface area contributed by atoms with E-state index in [0.29, 0.717) is 17.0 Å². The van der Waals surface area contributed by atoms with E-state index in [0.717, 1.165) is 25.7 Å². The molecule has 12 heteroatoms. The highest BCUT2D eigenvalue weighted by molar-refractivity contribution is 7.92. The number of amides is 1. The molecule has 35 heavy (non-hydrogen) atoms. The summed E-state index contributed by atoms with van der Waals surface area (Å²) in [4.78, 5) is 27.0. The maximum atomic E-state index is 12.7. The quantitative estimate of drug-likeness (QED) is 0.409. The number of anilines is 2. The van der Waals surface area contributed by atoms with Gasteiger partial charge in [-0.15, -0.1) is 21.5 Å². The number of nitrogens with zero attached hydrogens (tertiary/aromatic N) is 2. The first kappa shape index (κ1) is 25.1. The van der Waals surface area contributed by atoms with Gasteiger partial charge in [-0.2, -0.15) is 0 Å². The number of halogens is 1. The summed E-state index contributed by atoms with van der Waals surface area (Å²) in [7, 11) is -3.92. The molecular formula is C23H23ClN4O5S2. The smallest absolute Gasteiger partial charge is 0.349 e. The molecule has 0 spiro atoms. The molecule has 1 aliphatic carbocycles. The van der Waals surface area contributed by atoms with Crippen LogP contribution in [0.15, 0.2) is 47.4 Å². The lowest BCUT2D eigenvalue weighted by molar-refractivity contribution is -0.124. The molecule has 2 aromatic heterocycles. The van der Waals surface area contributed by atoms with Gasteiger partial charge in [0.1, 0.15) is 4.88 Å². The van der Waals surface area contributed by atoms with Gasteiger partial charge in [0, 0.05) is 10.6 Å². The van der Waals surface area contributed by atoms with Crippen molar-refractivity contribution in [3.63, 3.8) is 0 Å². The molecule has 0 bridgehead atoms. The van der Waals surface area contributed by atoms with Gasteiger partial charge in [0.25, 0.3) is 15.9 Å². The number of aromatic nitrogens is 2. The number of benzene rings is 1. The van der Waals surface area contributed by atoms with Crippen molar-refractivity contribution in [2.45, 2.75) is 50.0 Å². The predicted molar refractivity (Wildman–Crippen MR) is 133 cm³/mol. The standard InChI is InChI=1S/C23H23ClN4O5S2/c1-2-17(33-23(30)19-13-14-5-3-4-6-18(14)34-19)22(29)25-15-7-9-16(10-8-15)35(31,32)28-21-12-11-20(24)26-27-21/h7-13,17H,2-6H2,1H3,(H,25,29)(H,27,28). The number of rotatable bonds is 8. The molecule has 2 heterocycles. The Morgan fingerprint density at radius 1 is 1.11 bits per heavy atom. The fourth-order valence-corrected chi connectivity index (χ4v) is 5.84. The van der Waals surface area contributed by atoms with Crippen LogP contribution in [0.2, 0.25) is 5.15 Å². The predicted octanol–water partition coefficient (Wildman–Crippen LogP) is 4.45. The van der Waals surface area contributed by atoms with Gasteiger partial charge in [-0.05, 0) is 80.1 Å². The van der Waals surface area contributed by atoms with Crippen LogP contribution in [-0.2, 0) is 32.4 Å². The lowest BCUT2D eigenvalue weighted by Gasteiger charge is -2.16. The number of aryl methyl sites for hydroxylation is 2. The van der Waals surface area contributed by atoms with Crippen molar-refractivity contribution in [2.24, 2.45) is 0 Å². The number of hydrogen-bond acceptors (Lipinski definition) is 8. The Morgan fingerprint density at radius 2 is 1.86 bits per heavy atom. The van der Waals surface area contributed by atoms with E-state index in [9.17, 15) is 18.0 Å². The third-order valence-electron chi connectivity index (χ3n) is 5.41. The minimum atomic E-state index is -3.92. The minimum absolute atomic E-state index is 0.0194. The fourth-order valence-electron chi connectivity index (χ4n) is 3.61. The molecule has 9 nitrogen and oxygen atoms in total. The molecule has 1 unspecified atom stereocenters. The Labute approximate surface area is 211 Å². The molecule has 1 atom stereocenters. The van der Waals surface area contributed by atoms with E-state index < -0.39 is 28.0 Å². The molecule has 4 rings (SSSR count). The average Bonchev–Trinajstić information content (AvgIpc) is 3.28. The van der Waals surface area contributed by atoms with E-state index in [2.05, 4.69) is 20.2 Å². The van der Waals surface area contributed by atoms with E-state index in [1.807, 2.05) is 6.07 Å². The number of thiophene rings is 1. The average molecular weight is 535 g/mol. The Hall–Kier alpha value is -3.02. The van der Waals surface area contributed by atoms with Crippen LogP contribution in [0.25, 0.3) is 0 Å². The van der Waals surface area contributed by atoms with Gasteiger partial charge in [0.2, 0.25) is 0 Å². The second-order valence-electron chi connectivity index (χ2n) is 7.93. The van der Waals surface area contributed by atoms with Crippen LogP contribution in [0.3, 0.4) is 0 Å². The number of sulfonamides is 1. The zero-order valence-electron chi connectivity index (χ0n) is 18.8. The van der Waals surface area contributed by atoms with Gasteiger partial charge < -0.3 is 10.1 Å².